The second kappa shape index (κ2) is 10.7. The van der Waals surface area contributed by atoms with Gasteiger partial charge in [-0.3, -0.25) is 4.79 Å². The van der Waals surface area contributed by atoms with Crippen molar-refractivity contribution in [1.29, 1.82) is 0 Å². The van der Waals surface area contributed by atoms with Crippen molar-refractivity contribution < 1.29 is 23.8 Å². The Morgan fingerprint density at radius 2 is 1.71 bits per heavy atom. The van der Waals surface area contributed by atoms with E-state index in [2.05, 4.69) is 15.9 Å². The molecule has 1 aliphatic heterocycles. The molecule has 0 spiro atoms. The maximum Gasteiger partial charge on any atom is 0.417 e. The zero-order chi connectivity index (χ0) is 24.1. The number of amides is 2. The third-order valence-corrected chi connectivity index (χ3v) is 6.75. The van der Waals surface area contributed by atoms with Gasteiger partial charge in [0.05, 0.1) is 26.2 Å². The summed E-state index contributed by atoms with van der Waals surface area (Å²) >= 11 is 3.60. The molecule has 34 heavy (non-hydrogen) atoms. The molecule has 176 valence electrons. The number of benzene rings is 3. The monoisotopic (exact) mass is 523 g/mol. The first-order valence-corrected chi connectivity index (χ1v) is 11.8. The first kappa shape index (κ1) is 23.8. The Bertz CT molecular complexity index is 1150. The molecular formula is C27H26BrNO5. The van der Waals surface area contributed by atoms with Crippen molar-refractivity contribution in [2.24, 2.45) is 0 Å². The molecule has 0 unspecified atom stereocenters. The molecule has 1 fully saturated rings. The number of imide groups is 1. The highest BCUT2D eigenvalue weighted by atomic mass is 79.9. The predicted octanol–water partition coefficient (Wildman–Crippen LogP) is 5.38. The van der Waals surface area contributed by atoms with Crippen LogP contribution in [-0.2, 0) is 22.4 Å². The minimum absolute atomic E-state index is 0.182. The van der Waals surface area contributed by atoms with Crippen molar-refractivity contribution in [3.8, 4) is 11.5 Å². The third-order valence-electron chi connectivity index (χ3n) is 6.01. The number of halogens is 1. The Morgan fingerprint density at radius 3 is 2.35 bits per heavy atom. The van der Waals surface area contributed by atoms with E-state index in [0.717, 1.165) is 21.2 Å². The summed E-state index contributed by atoms with van der Waals surface area (Å²) in [5.41, 5.74) is 2.77. The van der Waals surface area contributed by atoms with E-state index in [-0.39, 0.29) is 18.6 Å². The molecule has 3 aromatic rings. The van der Waals surface area contributed by atoms with Gasteiger partial charge in [0.25, 0.3) is 0 Å². The van der Waals surface area contributed by atoms with E-state index in [1.807, 2.05) is 72.8 Å². The molecule has 0 aromatic heterocycles. The highest BCUT2D eigenvalue weighted by Gasteiger charge is 2.41. The van der Waals surface area contributed by atoms with Gasteiger partial charge in [0.2, 0.25) is 5.91 Å². The Kier molecular flexibility index (Phi) is 7.53. The summed E-state index contributed by atoms with van der Waals surface area (Å²) in [4.78, 5) is 27.9. The molecule has 1 saturated heterocycles. The zero-order valence-corrected chi connectivity index (χ0v) is 20.7. The largest absolute Gasteiger partial charge is 0.497 e. The van der Waals surface area contributed by atoms with Crippen LogP contribution >= 0.6 is 15.9 Å². The summed E-state index contributed by atoms with van der Waals surface area (Å²) in [5, 5.41) is 0. The fourth-order valence-corrected chi connectivity index (χ4v) is 4.68. The molecule has 1 heterocycles. The summed E-state index contributed by atoms with van der Waals surface area (Å²) in [6, 6.07) is 22.5. The van der Waals surface area contributed by atoms with Crippen molar-refractivity contribution in [1.82, 2.24) is 4.90 Å². The molecule has 3 aromatic carbocycles. The van der Waals surface area contributed by atoms with E-state index in [1.165, 1.54) is 4.90 Å². The third kappa shape index (κ3) is 5.25. The number of hydrogen-bond donors (Lipinski definition) is 0. The number of rotatable bonds is 8. The smallest absolute Gasteiger partial charge is 0.417 e. The van der Waals surface area contributed by atoms with Crippen molar-refractivity contribution in [3.05, 3.63) is 94.0 Å². The van der Waals surface area contributed by atoms with Crippen LogP contribution in [-0.4, -0.2) is 43.8 Å². The molecule has 2 amide bonds. The molecule has 6 nitrogen and oxygen atoms in total. The number of cyclic esters (lactones) is 1. The summed E-state index contributed by atoms with van der Waals surface area (Å²) < 4.78 is 16.7. The van der Waals surface area contributed by atoms with E-state index in [4.69, 9.17) is 14.2 Å². The SMILES string of the molecule is COc1ccc([C@@H](Cc2ccc(OC)cc2Br)C(=O)N2C(=O)OC[C@@H]2Cc2ccccc2)cc1. The molecule has 2 atom stereocenters. The van der Waals surface area contributed by atoms with Crippen LogP contribution in [0.3, 0.4) is 0 Å². The number of methoxy groups -OCH3 is 2. The Labute approximate surface area is 207 Å². The van der Waals surface area contributed by atoms with Gasteiger partial charge in [-0.2, -0.15) is 0 Å². The molecule has 0 aliphatic carbocycles. The van der Waals surface area contributed by atoms with Crippen molar-refractivity contribution >= 4 is 27.9 Å². The van der Waals surface area contributed by atoms with Crippen molar-refractivity contribution in [2.75, 3.05) is 20.8 Å². The normalized spacial score (nSPS) is 16.1. The fourth-order valence-electron chi connectivity index (χ4n) is 4.16. The highest BCUT2D eigenvalue weighted by molar-refractivity contribution is 9.10. The lowest BCUT2D eigenvalue weighted by Gasteiger charge is -2.26. The number of hydrogen-bond acceptors (Lipinski definition) is 5. The van der Waals surface area contributed by atoms with Crippen molar-refractivity contribution in [3.63, 3.8) is 0 Å². The molecule has 4 rings (SSSR count). The highest BCUT2D eigenvalue weighted by Crippen LogP contribution is 2.32. The van der Waals surface area contributed by atoms with Crippen LogP contribution < -0.4 is 9.47 Å². The minimum Gasteiger partial charge on any atom is -0.497 e. The fraction of sp³-hybridized carbons (Fsp3) is 0.259. The maximum atomic E-state index is 13.9. The summed E-state index contributed by atoms with van der Waals surface area (Å²) in [6.07, 6.45) is 0.343. The molecule has 0 saturated carbocycles. The number of carbonyl (C=O) groups is 2. The predicted molar refractivity (Wildman–Crippen MR) is 132 cm³/mol. The molecule has 0 N–H and O–H groups in total. The second-order valence-electron chi connectivity index (χ2n) is 8.12. The zero-order valence-electron chi connectivity index (χ0n) is 19.1. The maximum absolute atomic E-state index is 13.9. The van der Waals surface area contributed by atoms with Gasteiger partial charge >= 0.3 is 6.09 Å². The number of carbonyl (C=O) groups excluding carboxylic acids is 2. The van der Waals surface area contributed by atoms with Crippen LogP contribution in [0.1, 0.15) is 22.6 Å². The average molecular weight is 524 g/mol. The van der Waals surface area contributed by atoms with Crippen molar-refractivity contribution in [2.45, 2.75) is 24.8 Å². The minimum atomic E-state index is -0.599. The van der Waals surface area contributed by atoms with E-state index < -0.39 is 12.0 Å². The number of nitrogens with zero attached hydrogens (tertiary/aromatic N) is 1. The quantitative estimate of drug-likeness (QED) is 0.396. The van der Waals surface area contributed by atoms with E-state index in [9.17, 15) is 9.59 Å². The first-order chi connectivity index (χ1) is 16.5. The van der Waals surface area contributed by atoms with Crippen LogP contribution in [0.4, 0.5) is 4.79 Å². The van der Waals surface area contributed by atoms with Crippen LogP contribution in [0, 0.1) is 0 Å². The lowest BCUT2D eigenvalue weighted by atomic mass is 9.90. The van der Waals surface area contributed by atoms with Gasteiger partial charge in [-0.05, 0) is 53.8 Å². The van der Waals surface area contributed by atoms with Gasteiger partial charge in [-0.1, -0.05) is 64.5 Å². The average Bonchev–Trinajstić information content (AvgIpc) is 3.23. The van der Waals surface area contributed by atoms with Gasteiger partial charge in [0.15, 0.2) is 0 Å². The standard InChI is InChI=1S/C27H26BrNO5/c1-32-22-11-8-19(9-12-22)24(15-20-10-13-23(33-2)16-25(20)28)26(30)29-21(17-34-27(29)31)14-18-6-4-3-5-7-18/h3-13,16,21,24H,14-15,17H2,1-2H3/t21-,24+/m0/s1. The van der Waals surface area contributed by atoms with E-state index in [0.29, 0.717) is 24.3 Å². The summed E-state index contributed by atoms with van der Waals surface area (Å²) in [5.74, 6) is 0.549. The Hall–Kier alpha value is -3.32. The van der Waals surface area contributed by atoms with Gasteiger partial charge < -0.3 is 14.2 Å². The molecule has 0 bridgehead atoms. The second-order valence-corrected chi connectivity index (χ2v) is 8.97. The first-order valence-electron chi connectivity index (χ1n) is 11.0. The van der Waals surface area contributed by atoms with Crippen LogP contribution in [0.5, 0.6) is 11.5 Å². The van der Waals surface area contributed by atoms with Gasteiger partial charge in [-0.15, -0.1) is 0 Å². The van der Waals surface area contributed by atoms with Crippen LogP contribution in [0.2, 0.25) is 0 Å². The topological polar surface area (TPSA) is 65.1 Å². The van der Waals surface area contributed by atoms with Crippen LogP contribution in [0.25, 0.3) is 0 Å². The molecule has 7 heteroatoms. The number of ether oxygens (including phenoxy) is 3. The summed E-state index contributed by atoms with van der Waals surface area (Å²) in [6.45, 7) is 0.182. The Morgan fingerprint density at radius 1 is 1.03 bits per heavy atom. The molecule has 1 aliphatic rings. The van der Waals surface area contributed by atoms with E-state index in [1.54, 1.807) is 14.2 Å². The van der Waals surface area contributed by atoms with Gasteiger partial charge in [-0.25, -0.2) is 9.69 Å². The Balaban J connectivity index is 1.66. The van der Waals surface area contributed by atoms with Gasteiger partial charge in [0.1, 0.15) is 18.1 Å². The lowest BCUT2D eigenvalue weighted by Crippen LogP contribution is -2.43. The van der Waals surface area contributed by atoms with Gasteiger partial charge in [0, 0.05) is 4.47 Å². The lowest BCUT2D eigenvalue weighted by molar-refractivity contribution is -0.130. The molecule has 0 radical (unpaired) electrons. The summed E-state index contributed by atoms with van der Waals surface area (Å²) in [7, 11) is 3.21. The van der Waals surface area contributed by atoms with Crippen LogP contribution in [0.15, 0.2) is 77.3 Å². The molecular weight excluding hydrogens is 498 g/mol. The van der Waals surface area contributed by atoms with E-state index >= 15 is 0 Å².